The fraction of sp³-hybridized carbons (Fsp3) is 0.207. The summed E-state index contributed by atoms with van der Waals surface area (Å²) in [5, 5.41) is 0.788. The first-order valence-corrected chi connectivity index (χ1v) is 41.2. The molecular formula is C58H57Br4Cl2F25N2O7S5. The number of hydrogen-bond donors (Lipinski definition) is 1. The van der Waals surface area contributed by atoms with Crippen LogP contribution in [0.15, 0.2) is 195 Å². The summed E-state index contributed by atoms with van der Waals surface area (Å²) in [6.45, 7) is 10.8. The quantitative estimate of drug-likeness (QED) is 0.0716. The first kappa shape index (κ1) is 93.8. The van der Waals surface area contributed by atoms with Crippen LogP contribution in [0.4, 0.5) is 97.1 Å². The number of halogens is 31. The largest absolute Gasteiger partial charge is 0.435 e. The molecule has 8 aromatic rings. The lowest BCUT2D eigenvalue weighted by Gasteiger charge is -2.39. The summed E-state index contributed by atoms with van der Waals surface area (Å²) in [5.41, 5.74) is 4.05. The van der Waals surface area contributed by atoms with E-state index in [0.29, 0.717) is 39.0 Å². The van der Waals surface area contributed by atoms with Gasteiger partial charge in [-0.25, -0.2) is 0 Å². The van der Waals surface area contributed by atoms with Crippen molar-refractivity contribution in [2.75, 3.05) is 0 Å². The highest BCUT2D eigenvalue weighted by Crippen LogP contribution is 3.00. The van der Waals surface area contributed by atoms with E-state index in [9.17, 15) is 107 Å². The Morgan fingerprint density at radius 1 is 0.379 bits per heavy atom. The highest BCUT2D eigenvalue weighted by molar-refractivity contribution is 9.11. The maximum Gasteiger partial charge on any atom is 0.435 e. The zero-order chi connectivity index (χ0) is 80.0. The van der Waals surface area contributed by atoms with Gasteiger partial charge in [0.2, 0.25) is 0 Å². The lowest BCUT2D eigenvalue weighted by Crippen LogP contribution is -2.24. The van der Waals surface area contributed by atoms with Gasteiger partial charge >= 0.3 is 52.5 Å². The van der Waals surface area contributed by atoms with E-state index in [1.54, 1.807) is 40.7 Å². The molecular weight excluding hydrogens is 1860 g/mol. The van der Waals surface area contributed by atoms with Gasteiger partial charge in [-0.05, 0) is 178 Å². The van der Waals surface area contributed by atoms with Gasteiger partial charge in [-0.3, -0.25) is 9.59 Å². The molecule has 45 heteroatoms. The van der Waals surface area contributed by atoms with Crippen molar-refractivity contribution >= 4 is 139 Å². The molecule has 2 aromatic heterocycles. The molecule has 0 aliphatic carbocycles. The minimum atomic E-state index is -10.0. The Morgan fingerprint density at radius 2 is 0.631 bits per heavy atom. The van der Waals surface area contributed by atoms with Crippen LogP contribution < -0.4 is 32.0 Å². The summed E-state index contributed by atoms with van der Waals surface area (Å²) >= 11 is 23.8. The summed E-state index contributed by atoms with van der Waals surface area (Å²) in [7, 11) is -49.3. The van der Waals surface area contributed by atoms with Gasteiger partial charge in [0.25, 0.3) is 11.1 Å². The van der Waals surface area contributed by atoms with Gasteiger partial charge in [0, 0.05) is 22.0 Å². The lowest BCUT2D eigenvalue weighted by molar-refractivity contribution is 0.239. The Hall–Kier alpha value is -5.28. The molecule has 2 heterocycles. The van der Waals surface area contributed by atoms with Crippen molar-refractivity contribution in [3.8, 4) is 28.7 Å². The molecule has 103 heavy (non-hydrogen) atoms. The van der Waals surface area contributed by atoms with Crippen LogP contribution in [0.2, 0.25) is 10.0 Å². The molecule has 0 aliphatic heterocycles. The van der Waals surface area contributed by atoms with Crippen molar-refractivity contribution in [1.82, 2.24) is 9.55 Å². The minimum absolute atomic E-state index is 0.0819. The molecule has 8 rings (SSSR count). The van der Waals surface area contributed by atoms with Crippen molar-refractivity contribution in [2.24, 2.45) is 0 Å². The second kappa shape index (κ2) is 30.4. The Labute approximate surface area is 616 Å². The molecule has 0 spiro atoms. The highest BCUT2D eigenvalue weighted by atomic mass is 79.9. The maximum absolute atomic E-state index is 12.3. The number of aromatic amines is 1. The standard InChI is InChI=1S/C13H10BrClF5NO2S.2C8H8BrF5OS.2C8H9F5OS.C8H10.C5H3BrClNO/c1-8(21-7-10(15)6-12(14)13(21)22)9-2-4-11(5-3-9)23-24(16,17,18,19)20;2*1-6(9)7-2-4-8(5-3-7)15-16(10,11,12,13)14;2*1-2-7-3-5-8(6-4-7)14-15(9,10,11,12)13;1-2-8-6-4-3-5-7-8;6-4-1-3(7)2-8-5(4)9/h2-8H,1H3;2*2-6H,1H3;2*3-6H,2H2,1H3;3-7H,2H2,1H3;1-2H,(H,8,9). The van der Waals surface area contributed by atoms with Crippen LogP contribution in [0, 0.1) is 0 Å². The van der Waals surface area contributed by atoms with E-state index in [1.807, 2.05) is 6.07 Å². The van der Waals surface area contributed by atoms with Gasteiger partial charge in [-0.15, -0.1) is 0 Å². The Bertz CT molecular complexity index is 4110. The lowest BCUT2D eigenvalue weighted by atomic mass is 10.1. The number of rotatable bonds is 17. The zero-order valence-corrected chi connectivity index (χ0v) is 64.6. The molecule has 0 radical (unpaired) electrons. The third-order valence-electron chi connectivity index (χ3n) is 11.4. The van der Waals surface area contributed by atoms with E-state index in [2.05, 4.69) is 121 Å². The number of H-pyrrole nitrogens is 1. The van der Waals surface area contributed by atoms with E-state index >= 15 is 0 Å². The summed E-state index contributed by atoms with van der Waals surface area (Å²) in [5.74, 6) is -4.67. The van der Waals surface area contributed by atoms with E-state index in [-0.39, 0.29) is 24.7 Å². The number of benzene rings is 6. The monoisotopic (exact) mass is 1910 g/mol. The number of hydrogen-bond acceptors (Lipinski definition) is 7. The molecule has 3 unspecified atom stereocenters. The minimum Gasteiger partial charge on any atom is -0.355 e. The molecule has 0 fully saturated rings. The zero-order valence-electron chi connectivity index (χ0n) is 52.7. The number of nitrogens with one attached hydrogen (secondary N) is 1. The first-order valence-electron chi connectivity index (χ1n) is 27.6. The van der Waals surface area contributed by atoms with Crippen molar-refractivity contribution in [3.63, 3.8) is 0 Å². The summed E-state index contributed by atoms with van der Waals surface area (Å²) in [6, 6.07) is 33.9. The highest BCUT2D eigenvalue weighted by Gasteiger charge is 2.70. The molecule has 0 saturated carbocycles. The second-order valence-electron chi connectivity index (χ2n) is 20.6. The number of alkyl halides is 2. The normalized spacial score (nSPS) is 15.9. The second-order valence-corrected chi connectivity index (χ2v) is 35.7. The summed E-state index contributed by atoms with van der Waals surface area (Å²) < 4.78 is 316. The molecule has 588 valence electrons. The number of aryl methyl sites for hydroxylation is 3. The fourth-order valence-electron chi connectivity index (χ4n) is 6.98. The van der Waals surface area contributed by atoms with E-state index < -0.39 is 92.9 Å². The van der Waals surface area contributed by atoms with Crippen LogP contribution in [0.5, 0.6) is 28.7 Å². The van der Waals surface area contributed by atoms with Gasteiger partial charge in [0.1, 0.15) is 28.7 Å². The van der Waals surface area contributed by atoms with Crippen molar-refractivity contribution in [1.29, 1.82) is 0 Å². The molecule has 1 N–H and O–H groups in total. The number of pyridine rings is 2. The van der Waals surface area contributed by atoms with E-state index in [0.717, 1.165) is 90.3 Å². The fourth-order valence-corrected chi connectivity index (χ4v) is 11.4. The predicted octanol–water partition coefficient (Wildman–Crippen LogP) is 31.7. The smallest absolute Gasteiger partial charge is 0.355 e. The predicted molar refractivity (Wildman–Crippen MR) is 377 cm³/mol. The van der Waals surface area contributed by atoms with Gasteiger partial charge in [0.15, 0.2) is 0 Å². The molecule has 3 atom stereocenters. The third-order valence-corrected chi connectivity index (χ3v) is 16.6. The first-order chi connectivity index (χ1) is 45.5. The van der Waals surface area contributed by atoms with Crippen LogP contribution >= 0.6 is 139 Å². The Kier molecular flexibility index (Phi) is 27.7. The maximum atomic E-state index is 12.3. The average molecular weight is 1920 g/mol. The van der Waals surface area contributed by atoms with Crippen LogP contribution in [0.3, 0.4) is 0 Å². The molecule has 6 aromatic carbocycles. The van der Waals surface area contributed by atoms with Crippen LogP contribution in [0.25, 0.3) is 0 Å². The summed E-state index contributed by atoms with van der Waals surface area (Å²) in [6.07, 6.45) is 5.15. The van der Waals surface area contributed by atoms with Crippen molar-refractivity contribution in [2.45, 2.75) is 76.5 Å². The number of aromatic nitrogens is 2. The van der Waals surface area contributed by atoms with E-state index in [4.69, 9.17) is 23.2 Å². The van der Waals surface area contributed by atoms with Crippen molar-refractivity contribution in [3.05, 3.63) is 249 Å². The third kappa shape index (κ3) is 45.1. The molecule has 9 nitrogen and oxygen atoms in total. The number of nitrogens with zero attached hydrogens (tertiary/aromatic N) is 1. The van der Waals surface area contributed by atoms with Gasteiger partial charge in [0.05, 0.1) is 25.0 Å². The average Bonchev–Trinajstić information content (AvgIpc) is 0.779. The van der Waals surface area contributed by atoms with Gasteiger partial charge < -0.3 is 30.5 Å². The summed E-state index contributed by atoms with van der Waals surface area (Å²) in [4.78, 5) is 24.9. The van der Waals surface area contributed by atoms with Gasteiger partial charge in [-0.1, -0.05) is 264 Å². The molecule has 0 bridgehead atoms. The van der Waals surface area contributed by atoms with Crippen LogP contribution in [0.1, 0.15) is 90.6 Å². The topological polar surface area (TPSA) is 101 Å². The van der Waals surface area contributed by atoms with Gasteiger partial charge in [-0.2, -0.15) is 0 Å². The Balaban J connectivity index is 0.000000418. The molecule has 0 saturated heterocycles. The SMILES string of the molecule is CC(Br)c1ccc(OS(F)(F)(F)(F)F)cc1.CC(Br)c1ccc(OS(F)(F)(F)(F)F)cc1.CC(c1ccc(OS(F)(F)(F)(F)F)cc1)n1cc(Cl)cc(Br)c1=O.CCc1ccc(OS(F)(F)(F)(F)F)cc1.CCc1ccc(OS(F)(F)(F)(F)F)cc1.CCc1ccccc1.O=c1[nH]cc(Cl)cc1Br. The van der Waals surface area contributed by atoms with Crippen LogP contribution in [-0.4, -0.2) is 9.55 Å². The Morgan fingerprint density at radius 3 is 0.864 bits per heavy atom. The van der Waals surface area contributed by atoms with Crippen LogP contribution in [-0.2, 0) is 19.3 Å². The van der Waals surface area contributed by atoms with Crippen molar-refractivity contribution < 1.29 is 118 Å². The molecule has 0 aliphatic rings. The molecule has 0 amide bonds. The van der Waals surface area contributed by atoms with E-state index in [1.165, 1.54) is 77.1 Å².